The number of nitrogens with zero attached hydrogens (tertiary/aromatic N) is 3. The van der Waals surface area contributed by atoms with Gasteiger partial charge in [0.2, 0.25) is 0 Å². The first-order valence-corrected chi connectivity index (χ1v) is 8.16. The predicted octanol–water partition coefficient (Wildman–Crippen LogP) is 4.04. The number of hydroxylamine groups is 2. The van der Waals surface area contributed by atoms with Gasteiger partial charge in [0.15, 0.2) is 5.69 Å². The van der Waals surface area contributed by atoms with Crippen LogP contribution in [0.1, 0.15) is 34.1 Å². The second-order valence-corrected chi connectivity index (χ2v) is 6.43. The molecule has 0 saturated carbocycles. The molecule has 2 rings (SSSR count). The van der Waals surface area contributed by atoms with Crippen molar-refractivity contribution >= 4 is 17.5 Å². The van der Waals surface area contributed by atoms with E-state index in [1.165, 1.54) is 14.2 Å². The molecule has 1 aromatic carbocycles. The Labute approximate surface area is 154 Å². The van der Waals surface area contributed by atoms with Crippen LogP contribution in [0.4, 0.5) is 13.2 Å². The summed E-state index contributed by atoms with van der Waals surface area (Å²) >= 11 is 6.20. The topological polar surface area (TPSA) is 47.4 Å². The average molecular weight is 390 g/mol. The Kier molecular flexibility index (Phi) is 5.98. The third-order valence-corrected chi connectivity index (χ3v) is 4.20. The minimum Gasteiger partial charge on any atom is -0.274 e. The lowest BCUT2D eigenvalue weighted by Crippen LogP contribution is -2.39. The normalized spacial score (nSPS) is 12.9. The van der Waals surface area contributed by atoms with Crippen molar-refractivity contribution in [1.29, 1.82) is 0 Å². The monoisotopic (exact) mass is 389 g/mol. The van der Waals surface area contributed by atoms with Gasteiger partial charge in [-0.15, -0.1) is 0 Å². The molecule has 0 spiro atoms. The number of aromatic nitrogens is 2. The summed E-state index contributed by atoms with van der Waals surface area (Å²) in [4.78, 5) is 17.7. The van der Waals surface area contributed by atoms with Crippen molar-refractivity contribution < 1.29 is 22.8 Å². The highest BCUT2D eigenvalue weighted by atomic mass is 35.5. The number of amides is 1. The zero-order valence-electron chi connectivity index (χ0n) is 14.8. The molecule has 0 aliphatic rings. The Morgan fingerprint density at radius 1 is 1.42 bits per heavy atom. The lowest BCUT2D eigenvalue weighted by molar-refractivity contribution is -0.143. The van der Waals surface area contributed by atoms with Crippen molar-refractivity contribution in [3.8, 4) is 0 Å². The third kappa shape index (κ3) is 4.37. The van der Waals surface area contributed by atoms with Crippen LogP contribution in [0.25, 0.3) is 0 Å². The van der Waals surface area contributed by atoms with E-state index in [1.807, 2.05) is 19.1 Å². The molecule has 1 heterocycles. The Bertz CT molecular complexity index is 805. The molecule has 0 aliphatic carbocycles. The molecule has 0 N–H and O–H groups in total. The van der Waals surface area contributed by atoms with Crippen LogP contribution in [0.5, 0.6) is 0 Å². The maximum absolute atomic E-state index is 13.1. The van der Waals surface area contributed by atoms with Crippen molar-refractivity contribution in [1.82, 2.24) is 14.8 Å². The molecule has 5 nitrogen and oxygen atoms in total. The Morgan fingerprint density at radius 3 is 2.62 bits per heavy atom. The molecular formula is C17H19ClF3N3O2. The van der Waals surface area contributed by atoms with E-state index in [1.54, 1.807) is 13.0 Å². The summed E-state index contributed by atoms with van der Waals surface area (Å²) in [6.07, 6.45) is -3.39. The van der Waals surface area contributed by atoms with Gasteiger partial charge >= 0.3 is 6.18 Å². The summed E-state index contributed by atoms with van der Waals surface area (Å²) in [6, 6.07) is 4.92. The number of rotatable bonds is 5. The van der Waals surface area contributed by atoms with Crippen molar-refractivity contribution in [3.63, 3.8) is 0 Å². The molecule has 1 unspecified atom stereocenters. The van der Waals surface area contributed by atoms with Crippen molar-refractivity contribution in [2.75, 3.05) is 7.11 Å². The van der Waals surface area contributed by atoms with Gasteiger partial charge in [0.25, 0.3) is 5.91 Å². The van der Waals surface area contributed by atoms with Crippen LogP contribution >= 0.6 is 11.6 Å². The molecule has 1 amide bonds. The second kappa shape index (κ2) is 7.67. The van der Waals surface area contributed by atoms with Gasteiger partial charge in [-0.3, -0.25) is 14.3 Å². The minimum absolute atomic E-state index is 0.320. The molecule has 0 aliphatic heterocycles. The number of benzene rings is 1. The van der Waals surface area contributed by atoms with Gasteiger partial charge in [-0.25, -0.2) is 5.06 Å². The average Bonchev–Trinajstić information content (AvgIpc) is 2.93. The zero-order valence-corrected chi connectivity index (χ0v) is 15.5. The van der Waals surface area contributed by atoms with Crippen LogP contribution < -0.4 is 0 Å². The molecule has 0 radical (unpaired) electrons. The molecule has 1 aromatic heterocycles. The number of alkyl halides is 3. The van der Waals surface area contributed by atoms with Gasteiger partial charge in [0, 0.05) is 18.3 Å². The van der Waals surface area contributed by atoms with E-state index in [0.717, 1.165) is 27.1 Å². The van der Waals surface area contributed by atoms with Crippen LogP contribution in [0.15, 0.2) is 24.4 Å². The number of hydrogen-bond acceptors (Lipinski definition) is 3. The number of halogens is 4. The van der Waals surface area contributed by atoms with Gasteiger partial charge in [0.1, 0.15) is 0 Å². The van der Waals surface area contributed by atoms with Gasteiger partial charge in [-0.1, -0.05) is 23.7 Å². The van der Waals surface area contributed by atoms with E-state index < -0.39 is 29.4 Å². The highest BCUT2D eigenvalue weighted by molar-refractivity contribution is 6.31. The Balaban J connectivity index is 2.29. The quantitative estimate of drug-likeness (QED) is 0.725. The van der Waals surface area contributed by atoms with Crippen LogP contribution in [0.3, 0.4) is 0 Å². The fourth-order valence-electron chi connectivity index (χ4n) is 2.66. The number of aryl methyl sites for hydroxylation is 2. The molecule has 2 aromatic rings. The van der Waals surface area contributed by atoms with E-state index in [0.29, 0.717) is 11.4 Å². The van der Waals surface area contributed by atoms with Crippen LogP contribution in [-0.2, 0) is 24.5 Å². The largest absolute Gasteiger partial charge is 0.435 e. The Morgan fingerprint density at radius 2 is 2.08 bits per heavy atom. The van der Waals surface area contributed by atoms with E-state index in [2.05, 4.69) is 5.10 Å². The van der Waals surface area contributed by atoms with Gasteiger partial charge < -0.3 is 0 Å². The fourth-order valence-corrected chi connectivity index (χ4v) is 2.97. The van der Waals surface area contributed by atoms with Gasteiger partial charge in [-0.05, 0) is 37.5 Å². The fraction of sp³-hybridized carbons (Fsp3) is 0.412. The lowest BCUT2D eigenvalue weighted by atomic mass is 10.0. The molecular weight excluding hydrogens is 371 g/mol. The van der Waals surface area contributed by atoms with Gasteiger partial charge in [-0.2, -0.15) is 18.3 Å². The number of carbonyl (C=O) groups excluding carboxylic acids is 1. The summed E-state index contributed by atoms with van der Waals surface area (Å²) in [5.74, 6) is -0.913. The maximum atomic E-state index is 13.1. The lowest BCUT2D eigenvalue weighted by Gasteiger charge is -2.27. The van der Waals surface area contributed by atoms with Crippen LogP contribution in [-0.4, -0.2) is 33.9 Å². The van der Waals surface area contributed by atoms with Gasteiger partial charge in [0.05, 0.1) is 18.7 Å². The summed E-state index contributed by atoms with van der Waals surface area (Å²) in [7, 11) is 2.55. The smallest absolute Gasteiger partial charge is 0.274 e. The SMILES string of the molecule is CON(C(=O)c1cn(C)nc1C(F)(F)F)C(C)Cc1ccc(C)cc1Cl. The molecule has 0 bridgehead atoms. The molecule has 1 atom stereocenters. The summed E-state index contributed by atoms with van der Waals surface area (Å²) < 4.78 is 40.3. The first-order chi connectivity index (χ1) is 12.0. The molecule has 9 heteroatoms. The first-order valence-electron chi connectivity index (χ1n) is 7.78. The first kappa shape index (κ1) is 20.3. The van der Waals surface area contributed by atoms with Crippen molar-refractivity contribution in [2.24, 2.45) is 7.05 Å². The molecule has 142 valence electrons. The molecule has 26 heavy (non-hydrogen) atoms. The third-order valence-electron chi connectivity index (χ3n) is 3.85. The standard InChI is InChI=1S/C17H19ClF3N3O2/c1-10-5-6-12(14(18)7-10)8-11(2)24(26-4)16(25)13-9-23(3)22-15(13)17(19,20)21/h5-7,9,11H,8H2,1-4H3. The zero-order chi connectivity index (χ0) is 19.6. The molecule has 0 saturated heterocycles. The van der Waals surface area contributed by atoms with Crippen LogP contribution in [0, 0.1) is 6.92 Å². The predicted molar refractivity (Wildman–Crippen MR) is 90.7 cm³/mol. The Hall–Kier alpha value is -2.06. The van der Waals surface area contributed by atoms with Crippen LogP contribution in [0.2, 0.25) is 5.02 Å². The van der Waals surface area contributed by atoms with E-state index >= 15 is 0 Å². The highest BCUT2D eigenvalue weighted by Gasteiger charge is 2.40. The van der Waals surface area contributed by atoms with Crippen molar-refractivity contribution in [3.05, 3.63) is 51.8 Å². The van der Waals surface area contributed by atoms with E-state index in [4.69, 9.17) is 16.4 Å². The summed E-state index contributed by atoms with van der Waals surface area (Å²) in [6.45, 7) is 3.56. The van der Waals surface area contributed by atoms with E-state index in [-0.39, 0.29) is 0 Å². The molecule has 0 fully saturated rings. The number of carbonyl (C=O) groups is 1. The second-order valence-electron chi connectivity index (χ2n) is 6.02. The highest BCUT2D eigenvalue weighted by Crippen LogP contribution is 2.31. The number of hydrogen-bond donors (Lipinski definition) is 0. The maximum Gasteiger partial charge on any atom is 0.435 e. The summed E-state index contributed by atoms with van der Waals surface area (Å²) in [5, 5.41) is 4.79. The van der Waals surface area contributed by atoms with Crippen molar-refractivity contribution in [2.45, 2.75) is 32.5 Å². The summed E-state index contributed by atoms with van der Waals surface area (Å²) in [5.41, 5.74) is -0.0607. The minimum atomic E-state index is -4.74. The van der Waals surface area contributed by atoms with E-state index in [9.17, 15) is 18.0 Å².